The maximum atomic E-state index is 13.6. The van der Waals surface area contributed by atoms with Crippen molar-refractivity contribution in [3.05, 3.63) is 120 Å². The van der Waals surface area contributed by atoms with Gasteiger partial charge < -0.3 is 0 Å². The van der Waals surface area contributed by atoms with Crippen LogP contribution in [0.4, 0.5) is 5.69 Å². The van der Waals surface area contributed by atoms with Gasteiger partial charge in [0.1, 0.15) is 5.82 Å². The molecule has 4 aromatic carbocycles. The summed E-state index contributed by atoms with van der Waals surface area (Å²) in [6, 6.07) is 25.7. The Hall–Kier alpha value is -3.85. The van der Waals surface area contributed by atoms with Crippen LogP contribution in [-0.4, -0.2) is 14.5 Å². The predicted octanol–water partition coefficient (Wildman–Crippen LogP) is 6.22. The fourth-order valence-corrected chi connectivity index (χ4v) is 4.30. The van der Waals surface area contributed by atoms with E-state index in [1.54, 1.807) is 34.9 Å². The van der Waals surface area contributed by atoms with Crippen molar-refractivity contribution < 1.29 is 4.92 Å². The Morgan fingerprint density at radius 3 is 2.45 bits per heavy atom. The van der Waals surface area contributed by atoms with E-state index in [2.05, 4.69) is 22.6 Å². The van der Waals surface area contributed by atoms with Gasteiger partial charge in [0.15, 0.2) is 0 Å². The fraction of sp³-hybridized carbons (Fsp3) is 0. The van der Waals surface area contributed by atoms with Crippen molar-refractivity contribution in [1.82, 2.24) is 9.55 Å². The average molecular weight is 545 g/mol. The molecule has 0 aliphatic heterocycles. The first-order valence-electron chi connectivity index (χ1n) is 10.1. The molecule has 5 rings (SSSR count). The Bertz CT molecular complexity index is 1640. The summed E-state index contributed by atoms with van der Waals surface area (Å²) in [5, 5.41) is 14.0. The van der Waals surface area contributed by atoms with Gasteiger partial charge in [-0.2, -0.15) is 0 Å². The highest BCUT2D eigenvalue weighted by Crippen LogP contribution is 2.23. The lowest BCUT2D eigenvalue weighted by Crippen LogP contribution is -2.22. The highest BCUT2D eigenvalue weighted by atomic mass is 127. The minimum absolute atomic E-state index is 0.0105. The Morgan fingerprint density at radius 1 is 0.879 bits per heavy atom. The van der Waals surface area contributed by atoms with Crippen LogP contribution in [0.15, 0.2) is 89.7 Å². The zero-order chi connectivity index (χ0) is 22.9. The number of hydrogen-bond acceptors (Lipinski definition) is 4. The number of nitro benzene ring substituents is 1. The third-order valence-electron chi connectivity index (χ3n) is 5.39. The Kier molecular flexibility index (Phi) is 5.47. The molecule has 7 heteroatoms. The smallest absolute Gasteiger partial charge is 0.268 e. The summed E-state index contributed by atoms with van der Waals surface area (Å²) in [6.07, 6.45) is 3.27. The van der Waals surface area contributed by atoms with Crippen LogP contribution in [-0.2, 0) is 0 Å². The topological polar surface area (TPSA) is 78.0 Å². The summed E-state index contributed by atoms with van der Waals surface area (Å²) in [5.41, 5.74) is 1.47. The maximum absolute atomic E-state index is 13.6. The Balaban J connectivity index is 1.76. The summed E-state index contributed by atoms with van der Waals surface area (Å²) in [6.45, 7) is 0. The van der Waals surface area contributed by atoms with E-state index in [0.717, 1.165) is 14.3 Å². The van der Waals surface area contributed by atoms with Crippen LogP contribution >= 0.6 is 22.6 Å². The molecule has 0 bridgehead atoms. The van der Waals surface area contributed by atoms with Gasteiger partial charge in [0.2, 0.25) is 0 Å². The first-order chi connectivity index (χ1) is 16.0. The monoisotopic (exact) mass is 545 g/mol. The summed E-state index contributed by atoms with van der Waals surface area (Å²) in [5.74, 6) is 0.391. The molecule has 0 spiro atoms. The molecule has 1 aromatic heterocycles. The standard InChI is InChI=1S/C26H16IN3O3/c27-20-11-13-23-22(16-20)26(31)29(21-12-9-17-5-1-2-7-19(17)15-21)25(28-23)14-10-18-6-3-4-8-24(18)30(32)33/h1-16H. The van der Waals surface area contributed by atoms with Gasteiger partial charge in [0, 0.05) is 9.64 Å². The molecule has 0 unspecified atom stereocenters. The Morgan fingerprint density at radius 2 is 1.64 bits per heavy atom. The summed E-state index contributed by atoms with van der Waals surface area (Å²) in [4.78, 5) is 29.3. The van der Waals surface area contributed by atoms with E-state index < -0.39 is 4.92 Å². The van der Waals surface area contributed by atoms with Gasteiger partial charge in [0.25, 0.3) is 11.2 Å². The number of nitro groups is 1. The van der Waals surface area contributed by atoms with Crippen molar-refractivity contribution in [2.24, 2.45) is 0 Å². The second kappa shape index (κ2) is 8.59. The third-order valence-corrected chi connectivity index (χ3v) is 6.06. The van der Waals surface area contributed by atoms with Gasteiger partial charge in [-0.1, -0.05) is 42.5 Å². The number of para-hydroxylation sites is 1. The minimum atomic E-state index is -0.425. The molecule has 5 aromatic rings. The summed E-state index contributed by atoms with van der Waals surface area (Å²) < 4.78 is 2.49. The molecule has 6 nitrogen and oxygen atoms in total. The average Bonchev–Trinajstić information content (AvgIpc) is 2.83. The van der Waals surface area contributed by atoms with E-state index in [1.165, 1.54) is 6.07 Å². The highest BCUT2D eigenvalue weighted by molar-refractivity contribution is 14.1. The molecule has 160 valence electrons. The lowest BCUT2D eigenvalue weighted by molar-refractivity contribution is -0.385. The maximum Gasteiger partial charge on any atom is 0.276 e. The summed E-state index contributed by atoms with van der Waals surface area (Å²) in [7, 11) is 0. The number of nitrogens with zero attached hydrogens (tertiary/aromatic N) is 3. The molecule has 1 heterocycles. The van der Waals surface area contributed by atoms with E-state index in [9.17, 15) is 14.9 Å². The molecule has 0 atom stereocenters. The van der Waals surface area contributed by atoms with E-state index in [0.29, 0.717) is 28.0 Å². The van der Waals surface area contributed by atoms with Crippen LogP contribution in [0, 0.1) is 13.7 Å². The molecule has 0 saturated carbocycles. The van der Waals surface area contributed by atoms with E-state index >= 15 is 0 Å². The van der Waals surface area contributed by atoms with Crippen LogP contribution in [0.3, 0.4) is 0 Å². The number of aromatic nitrogens is 2. The van der Waals surface area contributed by atoms with Crippen molar-refractivity contribution in [1.29, 1.82) is 0 Å². The largest absolute Gasteiger partial charge is 0.276 e. The Labute approximate surface area is 202 Å². The van der Waals surface area contributed by atoms with Crippen LogP contribution in [0.25, 0.3) is 39.5 Å². The van der Waals surface area contributed by atoms with Crippen LogP contribution < -0.4 is 5.56 Å². The van der Waals surface area contributed by atoms with E-state index in [4.69, 9.17) is 4.98 Å². The molecule has 0 fully saturated rings. The van der Waals surface area contributed by atoms with Crippen molar-refractivity contribution in [2.45, 2.75) is 0 Å². The first kappa shape index (κ1) is 21.0. The fourth-order valence-electron chi connectivity index (χ4n) is 3.81. The number of rotatable bonds is 4. The highest BCUT2D eigenvalue weighted by Gasteiger charge is 2.14. The van der Waals surface area contributed by atoms with Gasteiger partial charge in [-0.25, -0.2) is 4.98 Å². The van der Waals surface area contributed by atoms with Gasteiger partial charge >= 0.3 is 0 Å². The van der Waals surface area contributed by atoms with Gasteiger partial charge in [-0.15, -0.1) is 0 Å². The van der Waals surface area contributed by atoms with Crippen LogP contribution in [0.1, 0.15) is 11.4 Å². The molecule has 0 aliphatic rings. The molecule has 0 aliphatic carbocycles. The van der Waals surface area contributed by atoms with Crippen molar-refractivity contribution in [3.63, 3.8) is 0 Å². The normalized spacial score (nSPS) is 11.4. The van der Waals surface area contributed by atoms with Crippen molar-refractivity contribution in [2.75, 3.05) is 0 Å². The number of benzene rings is 4. The van der Waals surface area contributed by atoms with Gasteiger partial charge in [-0.05, 0) is 81.9 Å². The van der Waals surface area contributed by atoms with Crippen LogP contribution in [0.2, 0.25) is 0 Å². The number of hydrogen-bond donors (Lipinski definition) is 0. The first-order valence-corrected chi connectivity index (χ1v) is 11.2. The molecule has 0 saturated heterocycles. The minimum Gasteiger partial charge on any atom is -0.268 e. The molecule has 33 heavy (non-hydrogen) atoms. The molecule has 0 N–H and O–H groups in total. The second-order valence-electron chi connectivity index (χ2n) is 7.45. The van der Waals surface area contributed by atoms with Crippen molar-refractivity contribution in [3.8, 4) is 5.69 Å². The zero-order valence-corrected chi connectivity index (χ0v) is 19.3. The van der Waals surface area contributed by atoms with E-state index in [1.807, 2.05) is 60.7 Å². The van der Waals surface area contributed by atoms with Gasteiger partial charge in [0.05, 0.1) is 27.1 Å². The second-order valence-corrected chi connectivity index (χ2v) is 8.70. The predicted molar refractivity (Wildman–Crippen MR) is 140 cm³/mol. The molecule has 0 amide bonds. The van der Waals surface area contributed by atoms with E-state index in [-0.39, 0.29) is 11.2 Å². The zero-order valence-electron chi connectivity index (χ0n) is 17.2. The molecule has 0 radical (unpaired) electrons. The number of halogens is 1. The lowest BCUT2D eigenvalue weighted by atomic mass is 10.1. The van der Waals surface area contributed by atoms with Gasteiger partial charge in [-0.3, -0.25) is 19.5 Å². The van der Waals surface area contributed by atoms with Crippen LogP contribution in [0.5, 0.6) is 0 Å². The molecular formula is C26H16IN3O3. The molecular weight excluding hydrogens is 529 g/mol. The number of fused-ring (bicyclic) bond motifs is 2. The quantitative estimate of drug-likeness (QED) is 0.153. The third kappa shape index (κ3) is 4.03. The van der Waals surface area contributed by atoms with Crippen molar-refractivity contribution >= 4 is 62.1 Å². The summed E-state index contributed by atoms with van der Waals surface area (Å²) >= 11 is 2.17. The lowest BCUT2D eigenvalue weighted by Gasteiger charge is -2.12. The SMILES string of the molecule is O=c1c2cc(I)ccc2nc(C=Cc2ccccc2[N+](=O)[O-])n1-c1ccc2ccccc2c1.